The molecule has 0 saturated heterocycles. The molecular weight excluding hydrogens is 304 g/mol. The van der Waals surface area contributed by atoms with E-state index in [-0.39, 0.29) is 0 Å². The summed E-state index contributed by atoms with van der Waals surface area (Å²) in [5.74, 6) is 0.767. The van der Waals surface area contributed by atoms with Crippen molar-refractivity contribution >= 4 is 49.1 Å². The first kappa shape index (κ1) is 10.4. The van der Waals surface area contributed by atoms with Gasteiger partial charge in [0.1, 0.15) is 5.76 Å². The first-order valence-electron chi connectivity index (χ1n) is 3.62. The van der Waals surface area contributed by atoms with Crippen LogP contribution in [0.25, 0.3) is 0 Å². The number of rotatable bonds is 2. The van der Waals surface area contributed by atoms with Gasteiger partial charge in [0.2, 0.25) is 0 Å². The molecule has 1 heterocycles. The van der Waals surface area contributed by atoms with Crippen molar-refractivity contribution in [1.29, 1.82) is 0 Å². The Balaban J connectivity index is 2.93. The Morgan fingerprint density at radius 3 is 2.67 bits per heavy atom. The van der Waals surface area contributed by atoms with Crippen LogP contribution in [0, 0.1) is 0 Å². The molecule has 1 aliphatic heterocycles. The lowest BCUT2D eigenvalue weighted by Gasteiger charge is -1.96. The molecule has 1 rings (SSSR count). The molecule has 4 heteroatoms. The molecule has 0 aromatic carbocycles. The van der Waals surface area contributed by atoms with E-state index in [9.17, 15) is 0 Å². The molecule has 0 atom stereocenters. The molecule has 0 unspecified atom stereocenters. The second kappa shape index (κ2) is 4.53. The zero-order valence-corrected chi connectivity index (χ0v) is 10.6. The lowest BCUT2D eigenvalue weighted by atomic mass is 10.1. The van der Waals surface area contributed by atoms with Crippen molar-refractivity contribution in [2.45, 2.75) is 19.8 Å². The van der Waals surface area contributed by atoms with Crippen LogP contribution in [0.5, 0.6) is 0 Å². The molecule has 66 valence electrons. The highest BCUT2D eigenvalue weighted by atomic mass is 79.9. The number of halogens is 2. The predicted octanol–water partition coefficient (Wildman–Crippen LogP) is 4.03. The minimum atomic E-state index is 0.592. The van der Waals surface area contributed by atoms with Gasteiger partial charge < -0.3 is 4.74 Å². The minimum Gasteiger partial charge on any atom is -0.444 e. The topological polar surface area (TPSA) is 9.23 Å². The molecule has 0 spiro atoms. The second-order valence-electron chi connectivity index (χ2n) is 2.41. The van der Waals surface area contributed by atoms with Crippen LogP contribution >= 0.6 is 44.1 Å². The fourth-order valence-corrected chi connectivity index (χ4v) is 2.60. The van der Waals surface area contributed by atoms with Crippen molar-refractivity contribution in [3.63, 3.8) is 0 Å². The van der Waals surface area contributed by atoms with Crippen LogP contribution in [-0.4, -0.2) is 5.05 Å². The average molecular weight is 312 g/mol. The van der Waals surface area contributed by atoms with Gasteiger partial charge in [-0.25, -0.2) is 0 Å². The third-order valence-electron chi connectivity index (χ3n) is 1.53. The van der Waals surface area contributed by atoms with E-state index < -0.39 is 0 Å². The van der Waals surface area contributed by atoms with Gasteiger partial charge >= 0.3 is 0 Å². The molecule has 0 fully saturated rings. The van der Waals surface area contributed by atoms with Crippen LogP contribution in [-0.2, 0) is 4.74 Å². The van der Waals surface area contributed by atoms with Crippen molar-refractivity contribution < 1.29 is 4.74 Å². The first-order valence-corrected chi connectivity index (χ1v) is 5.74. The number of thiocarbonyl (C=S) groups is 1. The Bertz CT molecular complexity index is 268. The van der Waals surface area contributed by atoms with Gasteiger partial charge in [0.25, 0.3) is 0 Å². The Hall–Kier alpha value is 0.330. The average Bonchev–Trinajstić information content (AvgIpc) is 2.32. The summed E-state index contributed by atoms with van der Waals surface area (Å²) in [6.07, 6.45) is 2.03. The summed E-state index contributed by atoms with van der Waals surface area (Å²) in [5.41, 5.74) is 1.10. The summed E-state index contributed by atoms with van der Waals surface area (Å²) in [6, 6.07) is 0. The standard InChI is InChI=1S/C8H8Br2OS/c1-2-3-5-7(10)6(4-9)11-8(5)12/h4H,2-3H2,1H3. The molecule has 0 aromatic heterocycles. The maximum absolute atomic E-state index is 5.31. The van der Waals surface area contributed by atoms with Crippen LogP contribution in [0.2, 0.25) is 0 Å². The van der Waals surface area contributed by atoms with Gasteiger partial charge in [-0.05, 0) is 34.6 Å². The van der Waals surface area contributed by atoms with Crippen molar-refractivity contribution in [2.24, 2.45) is 0 Å². The van der Waals surface area contributed by atoms with Gasteiger partial charge in [-0.1, -0.05) is 29.3 Å². The van der Waals surface area contributed by atoms with Gasteiger partial charge in [-0.3, -0.25) is 0 Å². The number of hydrogen-bond acceptors (Lipinski definition) is 2. The van der Waals surface area contributed by atoms with E-state index in [1.165, 1.54) is 0 Å². The van der Waals surface area contributed by atoms with E-state index in [1.807, 2.05) is 0 Å². The number of allylic oxidation sites excluding steroid dienone is 1. The van der Waals surface area contributed by atoms with E-state index in [0.29, 0.717) is 5.05 Å². The van der Waals surface area contributed by atoms with Gasteiger partial charge in [-0.2, -0.15) is 0 Å². The molecule has 1 nitrogen and oxygen atoms in total. The van der Waals surface area contributed by atoms with Crippen LogP contribution < -0.4 is 0 Å². The predicted molar refractivity (Wildman–Crippen MR) is 61.6 cm³/mol. The van der Waals surface area contributed by atoms with Crippen molar-refractivity contribution in [1.82, 2.24) is 0 Å². The van der Waals surface area contributed by atoms with Gasteiger partial charge in [0, 0.05) is 10.6 Å². The van der Waals surface area contributed by atoms with Crippen molar-refractivity contribution in [3.8, 4) is 0 Å². The molecule has 12 heavy (non-hydrogen) atoms. The smallest absolute Gasteiger partial charge is 0.195 e. The molecule has 0 bridgehead atoms. The zero-order chi connectivity index (χ0) is 9.14. The fourth-order valence-electron chi connectivity index (χ4n) is 0.977. The van der Waals surface area contributed by atoms with Crippen LogP contribution in [0.4, 0.5) is 0 Å². The summed E-state index contributed by atoms with van der Waals surface area (Å²) < 4.78 is 6.29. The van der Waals surface area contributed by atoms with Gasteiger partial charge in [0.05, 0.1) is 4.48 Å². The molecule has 0 N–H and O–H groups in total. The van der Waals surface area contributed by atoms with Gasteiger partial charge in [-0.15, -0.1) is 0 Å². The van der Waals surface area contributed by atoms with E-state index in [1.54, 1.807) is 4.99 Å². The fraction of sp³-hybridized carbons (Fsp3) is 0.375. The molecule has 0 radical (unpaired) electrons. The maximum Gasteiger partial charge on any atom is 0.195 e. The Morgan fingerprint density at radius 1 is 1.58 bits per heavy atom. The van der Waals surface area contributed by atoms with E-state index in [4.69, 9.17) is 17.0 Å². The number of hydrogen-bond donors (Lipinski definition) is 0. The first-order chi connectivity index (χ1) is 5.70. The monoisotopic (exact) mass is 310 g/mol. The van der Waals surface area contributed by atoms with Crippen molar-refractivity contribution in [2.75, 3.05) is 0 Å². The minimum absolute atomic E-state index is 0.592. The zero-order valence-electron chi connectivity index (χ0n) is 6.56. The summed E-state index contributed by atoms with van der Waals surface area (Å²) >= 11 is 11.7. The largest absolute Gasteiger partial charge is 0.444 e. The van der Waals surface area contributed by atoms with E-state index in [2.05, 4.69) is 38.8 Å². The highest BCUT2D eigenvalue weighted by Gasteiger charge is 2.23. The second-order valence-corrected chi connectivity index (χ2v) is 4.03. The maximum atomic E-state index is 5.31. The Kier molecular flexibility index (Phi) is 3.93. The van der Waals surface area contributed by atoms with E-state index in [0.717, 1.165) is 28.7 Å². The normalized spacial score (nSPS) is 20.6. The molecule has 0 amide bonds. The Morgan fingerprint density at radius 2 is 2.25 bits per heavy atom. The molecule has 0 aromatic rings. The highest BCUT2D eigenvalue weighted by molar-refractivity contribution is 9.12. The molecule has 0 saturated carbocycles. The van der Waals surface area contributed by atoms with Crippen LogP contribution in [0.3, 0.4) is 0 Å². The summed E-state index contributed by atoms with van der Waals surface area (Å²) in [6.45, 7) is 2.12. The molecular formula is C8H8Br2OS. The van der Waals surface area contributed by atoms with Gasteiger partial charge in [0.15, 0.2) is 5.05 Å². The SMILES string of the molecule is CCCC1=C(Br)C(=CBr)OC1=S. The third-order valence-corrected chi connectivity index (χ3v) is 3.14. The quantitative estimate of drug-likeness (QED) is 0.712. The Labute approximate surface area is 94.1 Å². The molecule has 1 aliphatic rings. The lowest BCUT2D eigenvalue weighted by molar-refractivity contribution is 0.460. The van der Waals surface area contributed by atoms with Crippen LogP contribution in [0.15, 0.2) is 20.8 Å². The van der Waals surface area contributed by atoms with E-state index >= 15 is 0 Å². The summed E-state index contributed by atoms with van der Waals surface area (Å²) in [7, 11) is 0. The highest BCUT2D eigenvalue weighted by Crippen LogP contribution is 2.34. The molecule has 0 aliphatic carbocycles. The third kappa shape index (κ3) is 1.98. The lowest BCUT2D eigenvalue weighted by Crippen LogP contribution is -1.94. The van der Waals surface area contributed by atoms with Crippen LogP contribution in [0.1, 0.15) is 19.8 Å². The van der Waals surface area contributed by atoms with Crippen molar-refractivity contribution in [3.05, 3.63) is 20.8 Å². The summed E-state index contributed by atoms with van der Waals surface area (Å²) in [4.78, 5) is 1.73. The summed E-state index contributed by atoms with van der Waals surface area (Å²) in [5, 5.41) is 0.592. The number of ether oxygens (including phenoxy) is 1.